The Bertz CT molecular complexity index is 946. The highest BCUT2D eigenvalue weighted by Gasteiger charge is 2.31. The molecule has 0 aromatic carbocycles. The van der Waals surface area contributed by atoms with Gasteiger partial charge in [0.2, 0.25) is 5.91 Å². The van der Waals surface area contributed by atoms with E-state index >= 15 is 0 Å². The minimum atomic E-state index is -4.53. The minimum absolute atomic E-state index is 0.0611. The topological polar surface area (TPSA) is 71.3 Å². The molecule has 1 aliphatic heterocycles. The van der Waals surface area contributed by atoms with Gasteiger partial charge in [-0.1, -0.05) is 18.5 Å². The second-order valence-electron chi connectivity index (χ2n) is 6.62. The number of alkyl halides is 3. The first-order valence-electron chi connectivity index (χ1n) is 9.06. The van der Waals surface area contributed by atoms with Gasteiger partial charge in [0.1, 0.15) is 5.02 Å². The summed E-state index contributed by atoms with van der Waals surface area (Å²) in [6.45, 7) is 3.88. The van der Waals surface area contributed by atoms with Crippen molar-refractivity contribution in [3.63, 3.8) is 0 Å². The zero-order valence-electron chi connectivity index (χ0n) is 15.6. The van der Waals surface area contributed by atoms with Crippen molar-refractivity contribution in [3.05, 3.63) is 45.5 Å². The summed E-state index contributed by atoms with van der Waals surface area (Å²) in [6, 6.07) is 1.86. The molecule has 1 amide bonds. The van der Waals surface area contributed by atoms with Crippen molar-refractivity contribution >= 4 is 23.2 Å². The number of nitrogens with zero attached hydrogens (tertiary/aromatic N) is 5. The molecule has 0 aliphatic carbocycles. The lowest BCUT2D eigenvalue weighted by Crippen LogP contribution is -2.38. The van der Waals surface area contributed by atoms with Gasteiger partial charge in [-0.25, -0.2) is 4.98 Å². The van der Waals surface area contributed by atoms with Crippen LogP contribution in [0.4, 0.5) is 18.9 Å². The summed E-state index contributed by atoms with van der Waals surface area (Å²) in [6.07, 6.45) is -1.01. The highest BCUT2D eigenvalue weighted by Crippen LogP contribution is 2.29. The van der Waals surface area contributed by atoms with Crippen molar-refractivity contribution in [3.8, 4) is 5.82 Å². The van der Waals surface area contributed by atoms with Gasteiger partial charge >= 0.3 is 6.18 Å². The summed E-state index contributed by atoms with van der Waals surface area (Å²) < 4.78 is 38.9. The second kappa shape index (κ2) is 8.40. The van der Waals surface area contributed by atoms with E-state index in [9.17, 15) is 22.8 Å². The van der Waals surface area contributed by atoms with Gasteiger partial charge in [0.15, 0.2) is 5.82 Å². The van der Waals surface area contributed by atoms with Crippen molar-refractivity contribution in [1.82, 2.24) is 19.7 Å². The number of hydrogen-bond acceptors (Lipinski definition) is 5. The van der Waals surface area contributed by atoms with Crippen LogP contribution in [0.2, 0.25) is 5.02 Å². The van der Waals surface area contributed by atoms with E-state index in [1.807, 2.05) is 6.92 Å². The average Bonchev–Trinajstić information content (AvgIpc) is 2.85. The Labute approximate surface area is 169 Å². The molecule has 1 fully saturated rings. The first kappa shape index (κ1) is 21.1. The van der Waals surface area contributed by atoms with E-state index in [1.54, 1.807) is 9.80 Å². The van der Waals surface area contributed by atoms with Crippen LogP contribution in [0, 0.1) is 0 Å². The van der Waals surface area contributed by atoms with Crippen LogP contribution in [0.5, 0.6) is 0 Å². The van der Waals surface area contributed by atoms with Gasteiger partial charge in [-0.05, 0) is 25.0 Å². The molecule has 3 rings (SSSR count). The van der Waals surface area contributed by atoms with Crippen LogP contribution in [-0.2, 0) is 11.0 Å². The van der Waals surface area contributed by atoms with E-state index in [1.165, 1.54) is 6.20 Å². The Kier molecular flexibility index (Phi) is 6.11. The number of anilines is 1. The normalized spacial score (nSPS) is 15.6. The number of amides is 1. The fraction of sp³-hybridized carbons (Fsp3) is 0.444. The zero-order valence-corrected chi connectivity index (χ0v) is 16.4. The molecule has 0 atom stereocenters. The summed E-state index contributed by atoms with van der Waals surface area (Å²) in [4.78, 5) is 32.2. The molecule has 7 nitrogen and oxygen atoms in total. The molecule has 0 radical (unpaired) electrons. The summed E-state index contributed by atoms with van der Waals surface area (Å²) in [5, 5.41) is 3.83. The summed E-state index contributed by atoms with van der Waals surface area (Å²) >= 11 is 6.24. The molecule has 1 aliphatic rings. The van der Waals surface area contributed by atoms with Crippen LogP contribution >= 0.6 is 11.6 Å². The van der Waals surface area contributed by atoms with Gasteiger partial charge < -0.3 is 9.80 Å². The summed E-state index contributed by atoms with van der Waals surface area (Å²) in [5.74, 6) is -0.147. The molecule has 11 heteroatoms. The van der Waals surface area contributed by atoms with Crippen molar-refractivity contribution in [1.29, 1.82) is 0 Å². The standard InChI is InChI=1S/C18H19ClF3N5O2/c1-2-6-25-7-3-8-26(11-15(25)28)13-10-24-27(17(29)16(13)19)14-5-4-12(9-23-14)18(20,21)22/h4-5,9-10H,2-3,6-8,11H2,1H3. The maximum Gasteiger partial charge on any atom is 0.417 e. The first-order chi connectivity index (χ1) is 13.7. The van der Waals surface area contributed by atoms with Crippen molar-refractivity contribution in [2.45, 2.75) is 25.9 Å². The minimum Gasteiger partial charge on any atom is -0.359 e. The smallest absolute Gasteiger partial charge is 0.359 e. The Morgan fingerprint density at radius 3 is 2.55 bits per heavy atom. The van der Waals surface area contributed by atoms with Crippen LogP contribution in [0.1, 0.15) is 25.3 Å². The van der Waals surface area contributed by atoms with Crippen LogP contribution < -0.4 is 10.5 Å². The molecule has 0 unspecified atom stereocenters. The molecule has 1 saturated heterocycles. The predicted octanol–water partition coefficient (Wildman–Crippen LogP) is 2.75. The molecule has 2 aromatic rings. The van der Waals surface area contributed by atoms with E-state index in [0.29, 0.717) is 37.9 Å². The van der Waals surface area contributed by atoms with Crippen molar-refractivity contribution in [2.75, 3.05) is 31.1 Å². The fourth-order valence-electron chi connectivity index (χ4n) is 3.12. The maximum atomic E-state index is 12.7. The summed E-state index contributed by atoms with van der Waals surface area (Å²) in [7, 11) is 0. The average molecular weight is 430 g/mol. The van der Waals surface area contributed by atoms with Gasteiger partial charge in [-0.2, -0.15) is 23.0 Å². The number of carbonyl (C=O) groups excluding carboxylic acids is 1. The first-order valence-corrected chi connectivity index (χ1v) is 9.44. The zero-order chi connectivity index (χ0) is 21.2. The SMILES string of the molecule is CCCN1CCCN(c2cnn(-c3ccc(C(F)(F)F)cn3)c(=O)c2Cl)CC1=O. The number of halogens is 4. The Balaban J connectivity index is 1.88. The van der Waals surface area contributed by atoms with E-state index in [4.69, 9.17) is 11.6 Å². The number of pyridine rings is 1. The number of aromatic nitrogens is 3. The van der Waals surface area contributed by atoms with Gasteiger partial charge in [0.05, 0.1) is 24.0 Å². The number of rotatable bonds is 4. The van der Waals surface area contributed by atoms with Gasteiger partial charge in [0.25, 0.3) is 5.56 Å². The van der Waals surface area contributed by atoms with Gasteiger partial charge in [-0.3, -0.25) is 9.59 Å². The molecule has 0 N–H and O–H groups in total. The number of carbonyl (C=O) groups is 1. The largest absolute Gasteiger partial charge is 0.417 e. The molecule has 0 saturated carbocycles. The lowest BCUT2D eigenvalue weighted by Gasteiger charge is -2.23. The molecule has 0 spiro atoms. The highest BCUT2D eigenvalue weighted by atomic mass is 35.5. The van der Waals surface area contributed by atoms with Crippen LogP contribution in [-0.4, -0.2) is 51.8 Å². The molecular formula is C18H19ClF3N5O2. The van der Waals surface area contributed by atoms with Crippen LogP contribution in [0.15, 0.2) is 29.3 Å². The lowest BCUT2D eigenvalue weighted by molar-refractivity contribution is -0.137. The molecule has 29 heavy (non-hydrogen) atoms. The Morgan fingerprint density at radius 2 is 1.93 bits per heavy atom. The molecule has 0 bridgehead atoms. The fourth-order valence-corrected chi connectivity index (χ4v) is 3.37. The maximum absolute atomic E-state index is 12.7. The third-order valence-corrected chi connectivity index (χ3v) is 4.92. The monoisotopic (exact) mass is 429 g/mol. The molecule has 2 aromatic heterocycles. The van der Waals surface area contributed by atoms with E-state index in [0.717, 1.165) is 23.2 Å². The predicted molar refractivity (Wildman–Crippen MR) is 101 cm³/mol. The van der Waals surface area contributed by atoms with Gasteiger partial charge in [0, 0.05) is 25.8 Å². The molecule has 156 valence electrons. The lowest BCUT2D eigenvalue weighted by atomic mass is 10.3. The van der Waals surface area contributed by atoms with Crippen molar-refractivity contribution < 1.29 is 18.0 Å². The summed E-state index contributed by atoms with van der Waals surface area (Å²) in [5.41, 5.74) is -1.35. The number of hydrogen-bond donors (Lipinski definition) is 0. The highest BCUT2D eigenvalue weighted by molar-refractivity contribution is 6.33. The Hall–Kier alpha value is -2.62. The quantitative estimate of drug-likeness (QED) is 0.747. The van der Waals surface area contributed by atoms with Crippen molar-refractivity contribution in [2.24, 2.45) is 0 Å². The van der Waals surface area contributed by atoms with Crippen LogP contribution in [0.25, 0.3) is 5.82 Å². The third kappa shape index (κ3) is 4.52. The van der Waals surface area contributed by atoms with E-state index in [2.05, 4.69) is 10.1 Å². The van der Waals surface area contributed by atoms with Gasteiger partial charge in [-0.15, -0.1) is 0 Å². The second-order valence-corrected chi connectivity index (χ2v) is 7.00. The molecular weight excluding hydrogens is 411 g/mol. The molecule has 3 heterocycles. The Morgan fingerprint density at radius 1 is 1.17 bits per heavy atom. The van der Waals surface area contributed by atoms with Crippen LogP contribution in [0.3, 0.4) is 0 Å². The van der Waals surface area contributed by atoms with E-state index in [-0.39, 0.29) is 23.3 Å². The van der Waals surface area contributed by atoms with E-state index < -0.39 is 17.3 Å². The third-order valence-electron chi connectivity index (χ3n) is 4.56.